The van der Waals surface area contributed by atoms with Gasteiger partial charge in [-0.15, -0.1) is 11.3 Å². The number of halogens is 2. The van der Waals surface area contributed by atoms with Crippen molar-refractivity contribution in [3.05, 3.63) is 99.3 Å². The number of hydrogen-bond acceptors (Lipinski definition) is 5. The van der Waals surface area contributed by atoms with Crippen molar-refractivity contribution in [1.29, 1.82) is 0 Å². The average Bonchev–Trinajstić information content (AvgIpc) is 3.34. The van der Waals surface area contributed by atoms with Crippen LogP contribution in [-0.2, 0) is 27.8 Å². The average molecular weight is 549 g/mol. The Hall–Kier alpha value is -2.92. The number of hydrogen-bond donors (Lipinski definition) is 2. The number of amides is 1. The molecule has 0 spiro atoms. The Morgan fingerprint density at radius 2 is 1.81 bits per heavy atom. The minimum Gasteiger partial charge on any atom is -0.390 e. The second-order valence-electron chi connectivity index (χ2n) is 9.00. The molecule has 0 fully saturated rings. The number of nitrogens with one attached hydrogen (secondary N) is 1. The van der Waals surface area contributed by atoms with Crippen LogP contribution < -0.4 is 5.32 Å². The molecule has 0 aliphatic carbocycles. The highest BCUT2D eigenvalue weighted by molar-refractivity contribution is 7.89. The lowest BCUT2D eigenvalue weighted by Crippen LogP contribution is -2.50. The number of aliphatic hydroxyl groups excluding tert-OH is 1. The van der Waals surface area contributed by atoms with E-state index in [1.54, 1.807) is 31.4 Å². The fourth-order valence-electron chi connectivity index (χ4n) is 3.76. The maximum absolute atomic E-state index is 14.7. The number of rotatable bonds is 11. The quantitative estimate of drug-likeness (QED) is 0.344. The van der Waals surface area contributed by atoms with Crippen molar-refractivity contribution in [2.75, 3.05) is 6.54 Å². The summed E-state index contributed by atoms with van der Waals surface area (Å²) >= 11 is 1.29. The van der Waals surface area contributed by atoms with E-state index in [9.17, 15) is 27.1 Å². The number of allylic oxidation sites excluding steroid dienone is 1. The molecular weight excluding hydrogens is 518 g/mol. The van der Waals surface area contributed by atoms with Crippen molar-refractivity contribution in [1.82, 2.24) is 9.62 Å². The van der Waals surface area contributed by atoms with E-state index in [0.29, 0.717) is 10.9 Å². The minimum atomic E-state index is -4.56. The highest BCUT2D eigenvalue weighted by atomic mass is 32.2. The van der Waals surface area contributed by atoms with Crippen molar-refractivity contribution in [3.8, 4) is 0 Å². The molecule has 10 heteroatoms. The van der Waals surface area contributed by atoms with Gasteiger partial charge >= 0.3 is 0 Å². The Bertz CT molecular complexity index is 1340. The molecule has 0 unspecified atom stereocenters. The van der Waals surface area contributed by atoms with Crippen LogP contribution >= 0.6 is 11.3 Å². The number of aliphatic hydroxyl groups is 1. The first-order chi connectivity index (χ1) is 17.5. The summed E-state index contributed by atoms with van der Waals surface area (Å²) in [6.07, 6.45) is 0.253. The zero-order chi connectivity index (χ0) is 27.2. The van der Waals surface area contributed by atoms with Crippen LogP contribution in [0.3, 0.4) is 0 Å². The van der Waals surface area contributed by atoms with E-state index in [-0.39, 0.29) is 18.5 Å². The predicted molar refractivity (Wildman–Crippen MR) is 141 cm³/mol. The van der Waals surface area contributed by atoms with Gasteiger partial charge in [0, 0.05) is 24.0 Å². The second-order valence-corrected chi connectivity index (χ2v) is 11.9. The number of nitrogens with zero attached hydrogens (tertiary/aromatic N) is 1. The van der Waals surface area contributed by atoms with Gasteiger partial charge in [0.15, 0.2) is 0 Å². The highest BCUT2D eigenvalue weighted by Gasteiger charge is 2.33. The first-order valence-corrected chi connectivity index (χ1v) is 13.9. The molecule has 2 N–H and O–H groups in total. The molecule has 0 aliphatic rings. The Morgan fingerprint density at radius 3 is 2.43 bits per heavy atom. The molecule has 2 atom stereocenters. The maximum atomic E-state index is 14.7. The monoisotopic (exact) mass is 548 g/mol. The van der Waals surface area contributed by atoms with Crippen molar-refractivity contribution in [2.45, 2.75) is 50.8 Å². The molecule has 37 heavy (non-hydrogen) atoms. The summed E-state index contributed by atoms with van der Waals surface area (Å²) in [7, 11) is -4.56. The van der Waals surface area contributed by atoms with Gasteiger partial charge in [0.25, 0.3) is 0 Å². The third-order valence-electron chi connectivity index (χ3n) is 5.64. The van der Waals surface area contributed by atoms with Crippen molar-refractivity contribution in [2.24, 2.45) is 0 Å². The minimum absolute atomic E-state index is 0.0220. The fourth-order valence-corrected chi connectivity index (χ4v) is 6.06. The van der Waals surface area contributed by atoms with Gasteiger partial charge in [0.2, 0.25) is 15.9 Å². The molecule has 6 nitrogen and oxygen atoms in total. The largest absolute Gasteiger partial charge is 0.390 e. The zero-order valence-electron chi connectivity index (χ0n) is 20.8. The van der Waals surface area contributed by atoms with Crippen LogP contribution in [0.2, 0.25) is 0 Å². The van der Waals surface area contributed by atoms with Crippen molar-refractivity contribution in [3.63, 3.8) is 0 Å². The van der Waals surface area contributed by atoms with Gasteiger partial charge in [-0.2, -0.15) is 4.31 Å². The van der Waals surface area contributed by atoms with E-state index < -0.39 is 51.2 Å². The summed E-state index contributed by atoms with van der Waals surface area (Å²) in [5, 5.41) is 15.8. The maximum Gasteiger partial charge on any atom is 0.246 e. The molecule has 1 aromatic heterocycles. The summed E-state index contributed by atoms with van der Waals surface area (Å²) in [5.74, 6) is -2.37. The molecule has 0 radical (unpaired) electrons. The number of carbonyl (C=O) groups is 1. The third kappa shape index (κ3) is 7.78. The SMILES string of the molecule is CC(C)=CC(=O)N[C@@H](Cc1ccccc1)[C@H](O)CN(Cc1cccs1)S(=O)(=O)c1cc(F)c(C)cc1F. The van der Waals surface area contributed by atoms with E-state index >= 15 is 0 Å². The molecule has 3 aromatic rings. The standard InChI is InChI=1S/C27H30F2N2O4S2/c1-18(2)12-27(33)30-24(14-20-8-5-4-6-9-20)25(32)17-31(16-21-10-7-11-36-21)37(34,35)26-15-22(28)19(3)13-23(26)29/h4-13,15,24-25,32H,14,16-17H2,1-3H3,(H,30,33)/t24-,25+/m0/s1. The van der Waals surface area contributed by atoms with Gasteiger partial charge in [-0.3, -0.25) is 4.79 Å². The summed E-state index contributed by atoms with van der Waals surface area (Å²) in [5.41, 5.74) is 1.55. The molecule has 2 aromatic carbocycles. The van der Waals surface area contributed by atoms with Crippen LogP contribution in [0.25, 0.3) is 0 Å². The van der Waals surface area contributed by atoms with Crippen LogP contribution in [0.4, 0.5) is 8.78 Å². The van der Waals surface area contributed by atoms with Crippen LogP contribution in [0.5, 0.6) is 0 Å². The molecule has 0 saturated heterocycles. The number of carbonyl (C=O) groups excluding carboxylic acids is 1. The highest BCUT2D eigenvalue weighted by Crippen LogP contribution is 2.26. The predicted octanol–water partition coefficient (Wildman–Crippen LogP) is 4.58. The van der Waals surface area contributed by atoms with Gasteiger partial charge in [-0.05, 0) is 61.9 Å². The van der Waals surface area contributed by atoms with E-state index in [4.69, 9.17) is 0 Å². The summed E-state index contributed by atoms with van der Waals surface area (Å²) in [4.78, 5) is 12.4. The Labute approximate surface area is 220 Å². The van der Waals surface area contributed by atoms with Gasteiger partial charge < -0.3 is 10.4 Å². The summed E-state index contributed by atoms with van der Waals surface area (Å²) < 4.78 is 57.0. The van der Waals surface area contributed by atoms with Gasteiger partial charge in [0.05, 0.1) is 12.1 Å². The second kappa shape index (κ2) is 12.6. The van der Waals surface area contributed by atoms with E-state index in [1.165, 1.54) is 24.3 Å². The third-order valence-corrected chi connectivity index (χ3v) is 8.33. The molecule has 0 bridgehead atoms. The van der Waals surface area contributed by atoms with Crippen molar-refractivity contribution >= 4 is 27.3 Å². The number of benzene rings is 2. The molecule has 0 aliphatic heterocycles. The van der Waals surface area contributed by atoms with Gasteiger partial charge in [-0.25, -0.2) is 17.2 Å². The van der Waals surface area contributed by atoms with Crippen LogP contribution in [0.1, 0.15) is 29.9 Å². The Kier molecular flexibility index (Phi) is 9.72. The van der Waals surface area contributed by atoms with Crippen LogP contribution in [0.15, 0.2) is 76.5 Å². The molecule has 3 rings (SSSR count). The molecule has 1 amide bonds. The molecule has 198 valence electrons. The Morgan fingerprint density at radius 1 is 1.11 bits per heavy atom. The van der Waals surface area contributed by atoms with Crippen LogP contribution in [-0.4, -0.2) is 42.4 Å². The molecular formula is C27H30F2N2O4S2. The number of aryl methyl sites for hydroxylation is 1. The zero-order valence-corrected chi connectivity index (χ0v) is 22.5. The first-order valence-electron chi connectivity index (χ1n) is 11.6. The lowest BCUT2D eigenvalue weighted by Gasteiger charge is -2.29. The topological polar surface area (TPSA) is 86.7 Å². The van der Waals surface area contributed by atoms with E-state index in [2.05, 4.69) is 5.32 Å². The van der Waals surface area contributed by atoms with Gasteiger partial charge in [-0.1, -0.05) is 42.0 Å². The van der Waals surface area contributed by atoms with Crippen molar-refractivity contribution < 1.29 is 27.1 Å². The molecule has 0 saturated carbocycles. The van der Waals surface area contributed by atoms with E-state index in [1.807, 2.05) is 30.3 Å². The Balaban J connectivity index is 1.96. The summed E-state index contributed by atoms with van der Waals surface area (Å²) in [6, 6.07) is 13.2. The normalized spacial score (nSPS) is 13.3. The lowest BCUT2D eigenvalue weighted by molar-refractivity contribution is -0.118. The van der Waals surface area contributed by atoms with Gasteiger partial charge in [0.1, 0.15) is 16.5 Å². The smallest absolute Gasteiger partial charge is 0.246 e. The summed E-state index contributed by atoms with van der Waals surface area (Å²) in [6.45, 7) is 4.23. The number of sulfonamides is 1. The first kappa shape index (κ1) is 28.6. The number of thiophene rings is 1. The molecule has 1 heterocycles. The lowest BCUT2D eigenvalue weighted by atomic mass is 10.0. The van der Waals surface area contributed by atoms with E-state index in [0.717, 1.165) is 21.5 Å². The van der Waals surface area contributed by atoms with Crippen LogP contribution in [0, 0.1) is 18.6 Å². The fraction of sp³-hybridized carbons (Fsp3) is 0.296.